The quantitative estimate of drug-likeness (QED) is 0.775. The third-order valence-electron chi connectivity index (χ3n) is 5.40. The minimum absolute atomic E-state index is 0.371. The highest BCUT2D eigenvalue weighted by Crippen LogP contribution is 2.53. The largest absolute Gasteiger partial charge is 0.497 e. The Hall–Kier alpha value is -2.16. The zero-order valence-electron chi connectivity index (χ0n) is 15.1. The molecule has 0 aromatic heterocycles. The Morgan fingerprint density at radius 2 is 1.42 bits per heavy atom. The van der Waals surface area contributed by atoms with Crippen molar-refractivity contribution in [2.45, 2.75) is 32.1 Å². The van der Waals surface area contributed by atoms with E-state index in [1.807, 2.05) is 12.1 Å². The van der Waals surface area contributed by atoms with E-state index in [0.717, 1.165) is 23.7 Å². The van der Waals surface area contributed by atoms with Crippen molar-refractivity contribution in [3.05, 3.63) is 53.1 Å². The molecule has 0 N–H and O–H groups in total. The smallest absolute Gasteiger partial charge is 0.161 e. The van der Waals surface area contributed by atoms with Gasteiger partial charge in [0.15, 0.2) is 11.5 Å². The molecule has 0 heterocycles. The molecule has 0 unspecified atom stereocenters. The highest BCUT2D eigenvalue weighted by Gasteiger charge is 2.38. The first-order valence-electron chi connectivity index (χ1n) is 8.54. The summed E-state index contributed by atoms with van der Waals surface area (Å²) in [4.78, 5) is 0. The van der Waals surface area contributed by atoms with E-state index in [0.29, 0.717) is 17.8 Å². The van der Waals surface area contributed by atoms with Crippen molar-refractivity contribution in [3.8, 4) is 17.2 Å². The number of rotatable bonds is 5. The number of hydrogen-bond acceptors (Lipinski definition) is 3. The number of ether oxygens (including phenoxy) is 3. The van der Waals surface area contributed by atoms with Crippen LogP contribution in [0.2, 0.25) is 0 Å². The van der Waals surface area contributed by atoms with E-state index in [9.17, 15) is 0 Å². The van der Waals surface area contributed by atoms with Crippen molar-refractivity contribution in [1.29, 1.82) is 0 Å². The summed E-state index contributed by atoms with van der Waals surface area (Å²) >= 11 is 0. The third kappa shape index (κ3) is 2.62. The van der Waals surface area contributed by atoms with Gasteiger partial charge in [-0.05, 0) is 59.2 Å². The molecule has 0 amide bonds. The van der Waals surface area contributed by atoms with Gasteiger partial charge >= 0.3 is 0 Å². The van der Waals surface area contributed by atoms with Crippen LogP contribution in [0.15, 0.2) is 36.4 Å². The maximum atomic E-state index is 5.54. The van der Waals surface area contributed by atoms with Crippen molar-refractivity contribution >= 4 is 0 Å². The van der Waals surface area contributed by atoms with Crippen molar-refractivity contribution in [2.24, 2.45) is 5.92 Å². The molecule has 0 spiro atoms. The van der Waals surface area contributed by atoms with Gasteiger partial charge in [0.25, 0.3) is 0 Å². The van der Waals surface area contributed by atoms with Crippen LogP contribution in [-0.2, 0) is 0 Å². The van der Waals surface area contributed by atoms with Gasteiger partial charge in [-0.25, -0.2) is 0 Å². The first-order valence-corrected chi connectivity index (χ1v) is 8.54. The van der Waals surface area contributed by atoms with Crippen LogP contribution in [0.5, 0.6) is 17.2 Å². The Bertz CT molecular complexity index is 706. The number of methoxy groups -OCH3 is 3. The number of hydrogen-bond donors (Lipinski definition) is 0. The van der Waals surface area contributed by atoms with E-state index >= 15 is 0 Å². The average molecular weight is 326 g/mol. The Balaban J connectivity index is 2.12. The summed E-state index contributed by atoms with van der Waals surface area (Å²) in [6.45, 7) is 4.61. The fourth-order valence-electron chi connectivity index (χ4n) is 4.19. The molecule has 3 nitrogen and oxygen atoms in total. The molecule has 0 saturated carbocycles. The number of fused-ring (bicyclic) bond motifs is 1. The summed E-state index contributed by atoms with van der Waals surface area (Å²) in [5.41, 5.74) is 4.08. The van der Waals surface area contributed by atoms with Gasteiger partial charge in [-0.1, -0.05) is 26.0 Å². The van der Waals surface area contributed by atoms with Gasteiger partial charge in [0.05, 0.1) is 21.3 Å². The van der Waals surface area contributed by atoms with Crippen LogP contribution in [-0.4, -0.2) is 21.3 Å². The lowest BCUT2D eigenvalue weighted by Crippen LogP contribution is -2.09. The van der Waals surface area contributed by atoms with Crippen LogP contribution in [0.4, 0.5) is 0 Å². The van der Waals surface area contributed by atoms with Gasteiger partial charge in [-0.15, -0.1) is 0 Å². The van der Waals surface area contributed by atoms with Crippen molar-refractivity contribution in [2.75, 3.05) is 21.3 Å². The van der Waals surface area contributed by atoms with Crippen LogP contribution in [0.1, 0.15) is 48.8 Å². The molecule has 2 aromatic carbocycles. The Kier molecular flexibility index (Phi) is 4.70. The maximum Gasteiger partial charge on any atom is 0.161 e. The molecule has 1 aliphatic carbocycles. The predicted molar refractivity (Wildman–Crippen MR) is 96.6 cm³/mol. The molecular formula is C21H26O3. The van der Waals surface area contributed by atoms with E-state index in [1.165, 1.54) is 16.7 Å². The average Bonchev–Trinajstić information content (AvgIpc) is 2.90. The predicted octanol–water partition coefficient (Wildman–Crippen LogP) is 4.99. The molecule has 128 valence electrons. The molecule has 3 heteroatoms. The zero-order chi connectivity index (χ0) is 17.3. The van der Waals surface area contributed by atoms with Crippen molar-refractivity contribution < 1.29 is 14.2 Å². The third-order valence-corrected chi connectivity index (χ3v) is 5.40. The summed E-state index contributed by atoms with van der Waals surface area (Å²) in [5.74, 6) is 3.96. The van der Waals surface area contributed by atoms with Gasteiger partial charge in [0, 0.05) is 5.92 Å². The molecule has 0 bridgehead atoms. The first kappa shape index (κ1) is 16.7. The minimum atomic E-state index is 0.371. The van der Waals surface area contributed by atoms with Gasteiger partial charge in [-0.2, -0.15) is 0 Å². The van der Waals surface area contributed by atoms with Crippen LogP contribution in [0.3, 0.4) is 0 Å². The van der Waals surface area contributed by atoms with E-state index in [4.69, 9.17) is 14.2 Å². The second kappa shape index (κ2) is 6.76. The van der Waals surface area contributed by atoms with Gasteiger partial charge in [-0.3, -0.25) is 0 Å². The van der Waals surface area contributed by atoms with E-state index in [2.05, 4.69) is 38.1 Å². The van der Waals surface area contributed by atoms with Gasteiger partial charge < -0.3 is 14.2 Å². The molecule has 0 fully saturated rings. The van der Waals surface area contributed by atoms with Crippen LogP contribution in [0.25, 0.3) is 0 Å². The Morgan fingerprint density at radius 3 is 1.92 bits per heavy atom. The van der Waals surface area contributed by atoms with Crippen molar-refractivity contribution in [3.63, 3.8) is 0 Å². The molecule has 1 aliphatic rings. The van der Waals surface area contributed by atoms with E-state index < -0.39 is 0 Å². The molecule has 0 aliphatic heterocycles. The summed E-state index contributed by atoms with van der Waals surface area (Å²) in [6.07, 6.45) is 1.12. The topological polar surface area (TPSA) is 27.7 Å². The summed E-state index contributed by atoms with van der Waals surface area (Å²) in [7, 11) is 5.10. The fourth-order valence-corrected chi connectivity index (χ4v) is 4.19. The lowest BCUT2D eigenvalue weighted by Gasteiger charge is -2.21. The minimum Gasteiger partial charge on any atom is -0.497 e. The SMILES string of the molecule is CC[C@H]1c2cc(OC)c(OC)cc2[C@H](c2ccc(OC)cc2)[C@H]1C. The molecule has 3 atom stereocenters. The monoisotopic (exact) mass is 326 g/mol. The highest BCUT2D eigenvalue weighted by molar-refractivity contribution is 5.55. The number of benzene rings is 2. The van der Waals surface area contributed by atoms with Gasteiger partial charge in [0.1, 0.15) is 5.75 Å². The normalized spacial score (nSPS) is 22.1. The fraction of sp³-hybridized carbons (Fsp3) is 0.429. The Morgan fingerprint density at radius 1 is 0.833 bits per heavy atom. The van der Waals surface area contributed by atoms with Crippen molar-refractivity contribution in [1.82, 2.24) is 0 Å². The second-order valence-electron chi connectivity index (χ2n) is 6.46. The zero-order valence-corrected chi connectivity index (χ0v) is 15.1. The standard InChI is InChI=1S/C21H26O3/c1-6-16-13(2)21(14-7-9-15(22-3)10-8-14)18-12-20(24-5)19(23-4)11-17(16)18/h7-13,16,21H,6H2,1-5H3/t13-,16+,21-/m0/s1. The summed E-state index contributed by atoms with van der Waals surface area (Å²) in [6, 6.07) is 12.8. The van der Waals surface area contributed by atoms with Crippen LogP contribution < -0.4 is 14.2 Å². The molecule has 24 heavy (non-hydrogen) atoms. The molecular weight excluding hydrogens is 300 g/mol. The highest BCUT2D eigenvalue weighted by atomic mass is 16.5. The summed E-state index contributed by atoms with van der Waals surface area (Å²) in [5, 5.41) is 0. The lowest BCUT2D eigenvalue weighted by molar-refractivity contribution is 0.354. The molecule has 0 radical (unpaired) electrons. The molecule has 3 rings (SSSR count). The maximum absolute atomic E-state index is 5.54. The lowest BCUT2D eigenvalue weighted by atomic mass is 9.83. The van der Waals surface area contributed by atoms with Gasteiger partial charge in [0.2, 0.25) is 0 Å². The van der Waals surface area contributed by atoms with Crippen LogP contribution in [0, 0.1) is 5.92 Å². The van der Waals surface area contributed by atoms with E-state index in [-0.39, 0.29) is 0 Å². The second-order valence-corrected chi connectivity index (χ2v) is 6.46. The summed E-state index contributed by atoms with van der Waals surface area (Å²) < 4.78 is 16.4. The first-order chi connectivity index (χ1) is 11.6. The molecule has 0 saturated heterocycles. The Labute approximate surface area is 144 Å². The van der Waals surface area contributed by atoms with Crippen LogP contribution >= 0.6 is 0 Å². The molecule has 2 aromatic rings. The van der Waals surface area contributed by atoms with E-state index in [1.54, 1.807) is 21.3 Å².